The minimum Gasteiger partial charge on any atom is -0.254 e. The maximum absolute atomic E-state index is 9.33. The molecule has 1 aliphatic rings. The minimum absolute atomic E-state index is 0.138. The molecule has 1 N–H and O–H groups in total. The Kier molecular flexibility index (Phi) is 4.51. The summed E-state index contributed by atoms with van der Waals surface area (Å²) >= 11 is 1.68. The predicted octanol–water partition coefficient (Wildman–Crippen LogP) is 3.64. The van der Waals surface area contributed by atoms with Crippen molar-refractivity contribution in [3.63, 3.8) is 0 Å². The van der Waals surface area contributed by atoms with Gasteiger partial charge in [0.25, 0.3) is 0 Å². The Balaban J connectivity index is 2.07. The van der Waals surface area contributed by atoms with E-state index in [1.54, 1.807) is 11.8 Å². The first-order valence-electron chi connectivity index (χ1n) is 6.98. The van der Waals surface area contributed by atoms with Crippen LogP contribution in [-0.4, -0.2) is 20.4 Å². The van der Waals surface area contributed by atoms with Crippen molar-refractivity contribution in [1.82, 2.24) is 15.2 Å². The van der Waals surface area contributed by atoms with Crippen molar-refractivity contribution in [3.05, 3.63) is 6.33 Å². The second-order valence-electron chi connectivity index (χ2n) is 6.03. The van der Waals surface area contributed by atoms with Crippen molar-refractivity contribution in [2.45, 2.75) is 56.9 Å². The third-order valence-corrected chi connectivity index (χ3v) is 5.87. The first kappa shape index (κ1) is 14.4. The Morgan fingerprint density at radius 2 is 2.32 bits per heavy atom. The topological polar surface area (TPSA) is 65.4 Å². The number of hydrogen-bond donors (Lipinski definition) is 1. The lowest BCUT2D eigenvalue weighted by molar-refractivity contribution is 0.144. The lowest BCUT2D eigenvalue weighted by Crippen LogP contribution is -2.34. The maximum Gasteiger partial charge on any atom is 0.183 e. The Hall–Kier alpha value is -1.02. The van der Waals surface area contributed by atoms with Crippen LogP contribution in [0.1, 0.15) is 46.5 Å². The van der Waals surface area contributed by atoms with Crippen LogP contribution in [0.15, 0.2) is 11.5 Å². The highest BCUT2D eigenvalue weighted by Crippen LogP contribution is 2.46. The predicted molar refractivity (Wildman–Crippen MR) is 76.5 cm³/mol. The summed E-state index contributed by atoms with van der Waals surface area (Å²) in [4.78, 5) is 4.17. The van der Waals surface area contributed by atoms with Gasteiger partial charge in [-0.3, -0.25) is 5.10 Å². The molecule has 0 amide bonds. The first-order valence-corrected chi connectivity index (χ1v) is 7.86. The van der Waals surface area contributed by atoms with Gasteiger partial charge in [-0.25, -0.2) is 4.98 Å². The van der Waals surface area contributed by atoms with E-state index in [0.717, 1.165) is 18.0 Å². The normalized spacial score (nSPS) is 28.0. The van der Waals surface area contributed by atoms with E-state index >= 15 is 0 Å². The number of aromatic amines is 1. The van der Waals surface area contributed by atoms with Crippen LogP contribution in [-0.2, 0) is 0 Å². The fraction of sp³-hybridized carbons (Fsp3) is 0.786. The van der Waals surface area contributed by atoms with Crippen LogP contribution in [0.25, 0.3) is 0 Å². The molecule has 0 radical (unpaired) electrons. The molecule has 1 heterocycles. The summed E-state index contributed by atoms with van der Waals surface area (Å²) in [6.07, 6.45) is 6.00. The van der Waals surface area contributed by atoms with Gasteiger partial charge in [0.05, 0.1) is 12.0 Å². The van der Waals surface area contributed by atoms with Crippen LogP contribution < -0.4 is 0 Å². The Morgan fingerprint density at radius 1 is 1.53 bits per heavy atom. The molecule has 0 aliphatic heterocycles. The first-order chi connectivity index (χ1) is 9.06. The lowest BCUT2D eigenvalue weighted by Gasteiger charge is -2.40. The fourth-order valence-electron chi connectivity index (χ4n) is 2.80. The summed E-state index contributed by atoms with van der Waals surface area (Å²) in [6, 6.07) is 2.47. The minimum atomic E-state index is 0.138. The van der Waals surface area contributed by atoms with Crippen molar-refractivity contribution in [3.8, 4) is 6.07 Å². The van der Waals surface area contributed by atoms with Crippen LogP contribution in [0.2, 0.25) is 0 Å². The zero-order valence-corrected chi connectivity index (χ0v) is 12.7. The molecule has 1 aliphatic carbocycles. The van der Waals surface area contributed by atoms with Crippen molar-refractivity contribution in [1.29, 1.82) is 5.26 Å². The van der Waals surface area contributed by atoms with E-state index in [1.165, 1.54) is 19.2 Å². The average molecular weight is 278 g/mol. The number of aromatic nitrogens is 3. The highest BCUT2D eigenvalue weighted by atomic mass is 32.2. The number of rotatable bonds is 4. The van der Waals surface area contributed by atoms with Crippen molar-refractivity contribution in [2.75, 3.05) is 0 Å². The Morgan fingerprint density at radius 3 is 2.89 bits per heavy atom. The zero-order valence-electron chi connectivity index (χ0n) is 11.9. The second kappa shape index (κ2) is 5.96. The monoisotopic (exact) mass is 278 g/mol. The molecule has 5 heteroatoms. The molecule has 0 aromatic carbocycles. The second-order valence-corrected chi connectivity index (χ2v) is 7.26. The van der Waals surface area contributed by atoms with Crippen LogP contribution in [0, 0.1) is 28.6 Å². The van der Waals surface area contributed by atoms with E-state index in [4.69, 9.17) is 0 Å². The summed E-state index contributed by atoms with van der Waals surface area (Å²) in [7, 11) is 0. The molecule has 3 atom stereocenters. The molecule has 4 nitrogen and oxygen atoms in total. The van der Waals surface area contributed by atoms with Crippen molar-refractivity contribution in [2.24, 2.45) is 17.3 Å². The standard InChI is InChI=1S/C14H22N4S/c1-4-14(2,3)11-6-5-10(8-15)12(7-11)19-13-16-9-17-18-13/h9-12H,4-7H2,1-3H3,(H,16,17,18). The van der Waals surface area contributed by atoms with Crippen molar-refractivity contribution < 1.29 is 0 Å². The molecule has 2 rings (SSSR count). The van der Waals surface area contributed by atoms with Gasteiger partial charge in [0.2, 0.25) is 0 Å². The molecule has 104 valence electrons. The molecule has 1 fully saturated rings. The van der Waals surface area contributed by atoms with Crippen LogP contribution in [0.3, 0.4) is 0 Å². The van der Waals surface area contributed by atoms with Gasteiger partial charge < -0.3 is 0 Å². The quantitative estimate of drug-likeness (QED) is 0.913. The number of hydrogen-bond acceptors (Lipinski definition) is 4. The number of H-pyrrole nitrogens is 1. The van der Waals surface area contributed by atoms with Gasteiger partial charge >= 0.3 is 0 Å². The van der Waals surface area contributed by atoms with Gasteiger partial charge in [0.1, 0.15) is 6.33 Å². The van der Waals surface area contributed by atoms with E-state index in [9.17, 15) is 5.26 Å². The Bertz CT molecular complexity index is 435. The van der Waals surface area contributed by atoms with Gasteiger partial charge in [0, 0.05) is 5.25 Å². The molecule has 1 aromatic rings. The van der Waals surface area contributed by atoms with Gasteiger partial charge in [0.15, 0.2) is 5.16 Å². The van der Waals surface area contributed by atoms with E-state index < -0.39 is 0 Å². The number of nitrogens with zero attached hydrogens (tertiary/aromatic N) is 3. The summed E-state index contributed by atoms with van der Waals surface area (Å²) < 4.78 is 0. The largest absolute Gasteiger partial charge is 0.254 e. The highest BCUT2D eigenvalue weighted by molar-refractivity contribution is 7.99. The molecule has 0 bridgehead atoms. The highest BCUT2D eigenvalue weighted by Gasteiger charge is 2.38. The zero-order chi connectivity index (χ0) is 13.9. The van der Waals surface area contributed by atoms with Gasteiger partial charge in [-0.15, -0.1) is 0 Å². The number of nitrogens with one attached hydrogen (secondary N) is 1. The van der Waals surface area contributed by atoms with Gasteiger partial charge in [-0.2, -0.15) is 10.4 Å². The van der Waals surface area contributed by atoms with E-state index in [2.05, 4.69) is 42.0 Å². The number of nitriles is 1. The lowest BCUT2D eigenvalue weighted by atomic mass is 9.67. The summed E-state index contributed by atoms with van der Waals surface area (Å²) in [5.41, 5.74) is 0.362. The molecule has 1 saturated carbocycles. The van der Waals surface area contributed by atoms with Crippen LogP contribution in [0.4, 0.5) is 0 Å². The van der Waals surface area contributed by atoms with Crippen LogP contribution >= 0.6 is 11.8 Å². The average Bonchev–Trinajstić information content (AvgIpc) is 2.91. The van der Waals surface area contributed by atoms with Gasteiger partial charge in [-0.1, -0.05) is 39.0 Å². The molecule has 1 aromatic heterocycles. The molecular weight excluding hydrogens is 256 g/mol. The SMILES string of the molecule is CCC(C)(C)C1CCC(C#N)C(Sc2ncn[nH]2)C1. The molecular formula is C14H22N4S. The van der Waals surface area contributed by atoms with Crippen LogP contribution in [0.5, 0.6) is 0 Å². The summed E-state index contributed by atoms with van der Waals surface area (Å²) in [6.45, 7) is 6.95. The molecule has 3 unspecified atom stereocenters. The van der Waals surface area contributed by atoms with Crippen molar-refractivity contribution >= 4 is 11.8 Å². The summed E-state index contributed by atoms with van der Waals surface area (Å²) in [5, 5.41) is 17.3. The smallest absolute Gasteiger partial charge is 0.183 e. The third kappa shape index (κ3) is 3.30. The van der Waals surface area contributed by atoms with E-state index in [-0.39, 0.29) is 5.92 Å². The Labute approximate surface area is 119 Å². The summed E-state index contributed by atoms with van der Waals surface area (Å²) in [5.74, 6) is 0.835. The van der Waals surface area contributed by atoms with E-state index in [1.807, 2.05) is 0 Å². The fourth-order valence-corrected chi connectivity index (χ4v) is 3.99. The molecule has 19 heavy (non-hydrogen) atoms. The molecule has 0 spiro atoms. The third-order valence-electron chi connectivity index (χ3n) is 4.63. The molecule has 0 saturated heterocycles. The van der Waals surface area contributed by atoms with Gasteiger partial charge in [-0.05, 0) is 30.6 Å². The maximum atomic E-state index is 9.33. The van der Waals surface area contributed by atoms with E-state index in [0.29, 0.717) is 16.6 Å². The number of thioether (sulfide) groups is 1.